The van der Waals surface area contributed by atoms with Crippen LogP contribution in [0.4, 0.5) is 11.4 Å². The van der Waals surface area contributed by atoms with Crippen LogP contribution in [0.5, 0.6) is 0 Å². The van der Waals surface area contributed by atoms with E-state index in [1.165, 1.54) is 75.3 Å². The third kappa shape index (κ3) is 4.26. The second-order valence-electron chi connectivity index (χ2n) is 8.33. The molecule has 0 unspecified atom stereocenters. The van der Waals surface area contributed by atoms with Gasteiger partial charge in [0.1, 0.15) is 0 Å². The van der Waals surface area contributed by atoms with Gasteiger partial charge >= 0.3 is 0 Å². The Labute approximate surface area is 163 Å². The first-order valence-electron chi connectivity index (χ1n) is 10.8. The first kappa shape index (κ1) is 18.3. The molecule has 2 heteroatoms. The van der Waals surface area contributed by atoms with Crippen LogP contribution in [0.1, 0.15) is 87.2 Å². The summed E-state index contributed by atoms with van der Waals surface area (Å²) in [6.45, 7) is 0. The van der Waals surface area contributed by atoms with Crippen molar-refractivity contribution in [3.63, 3.8) is 0 Å². The van der Waals surface area contributed by atoms with Gasteiger partial charge in [0.15, 0.2) is 0 Å². The Morgan fingerprint density at radius 3 is 1.30 bits per heavy atom. The van der Waals surface area contributed by atoms with Crippen LogP contribution in [-0.2, 0) is 4.79 Å². The van der Waals surface area contributed by atoms with Crippen LogP contribution in [-0.4, -0.2) is 6.41 Å². The number of amides is 1. The molecule has 2 fully saturated rings. The normalized spacial score (nSPS) is 19.0. The monoisotopic (exact) mass is 361 g/mol. The molecular formula is C25H31NO. The summed E-state index contributed by atoms with van der Waals surface area (Å²) in [6, 6.07) is 17.3. The molecule has 2 aromatic carbocycles. The molecule has 1 amide bonds. The fraction of sp³-hybridized carbons (Fsp3) is 0.480. The molecule has 2 aliphatic rings. The molecule has 0 saturated heterocycles. The van der Waals surface area contributed by atoms with E-state index in [1.54, 1.807) is 4.90 Å². The maximum Gasteiger partial charge on any atom is 0.218 e. The van der Waals surface area contributed by atoms with Gasteiger partial charge < -0.3 is 0 Å². The summed E-state index contributed by atoms with van der Waals surface area (Å²) < 4.78 is 0. The van der Waals surface area contributed by atoms with Crippen molar-refractivity contribution in [3.05, 3.63) is 59.7 Å². The minimum atomic E-state index is 0.701. The van der Waals surface area contributed by atoms with Gasteiger partial charge in [-0.3, -0.25) is 9.69 Å². The van der Waals surface area contributed by atoms with Gasteiger partial charge in [0.05, 0.1) is 0 Å². The summed E-state index contributed by atoms with van der Waals surface area (Å²) in [5.74, 6) is 1.40. The van der Waals surface area contributed by atoms with Crippen molar-refractivity contribution < 1.29 is 4.79 Å². The molecule has 0 spiro atoms. The van der Waals surface area contributed by atoms with Gasteiger partial charge in [0, 0.05) is 11.4 Å². The zero-order chi connectivity index (χ0) is 18.5. The zero-order valence-corrected chi connectivity index (χ0v) is 16.3. The molecule has 0 N–H and O–H groups in total. The summed E-state index contributed by atoms with van der Waals surface area (Å²) in [4.78, 5) is 13.6. The molecule has 142 valence electrons. The SMILES string of the molecule is O=CN(c1ccc(C2CCCCC2)cc1)c1ccc(C2CCCCC2)cc1. The summed E-state index contributed by atoms with van der Waals surface area (Å²) in [5.41, 5.74) is 4.76. The lowest BCUT2D eigenvalue weighted by Crippen LogP contribution is -2.14. The number of hydrogen-bond acceptors (Lipinski definition) is 1. The number of carbonyl (C=O) groups is 1. The highest BCUT2D eigenvalue weighted by Gasteiger charge is 2.18. The number of hydrogen-bond donors (Lipinski definition) is 0. The molecule has 2 aromatic rings. The Bertz CT molecular complexity index is 660. The van der Waals surface area contributed by atoms with E-state index >= 15 is 0 Å². The van der Waals surface area contributed by atoms with Gasteiger partial charge in [-0.15, -0.1) is 0 Å². The Morgan fingerprint density at radius 1 is 0.593 bits per heavy atom. The van der Waals surface area contributed by atoms with Crippen molar-refractivity contribution in [1.82, 2.24) is 0 Å². The first-order chi connectivity index (χ1) is 13.3. The fourth-order valence-electron chi connectivity index (χ4n) is 4.96. The fourth-order valence-corrected chi connectivity index (χ4v) is 4.96. The minimum absolute atomic E-state index is 0.701. The number of anilines is 2. The molecule has 2 aliphatic carbocycles. The minimum Gasteiger partial charge on any atom is -0.284 e. The Morgan fingerprint density at radius 2 is 0.963 bits per heavy atom. The van der Waals surface area contributed by atoms with E-state index in [-0.39, 0.29) is 0 Å². The average molecular weight is 362 g/mol. The highest BCUT2D eigenvalue weighted by Crippen LogP contribution is 2.36. The molecule has 27 heavy (non-hydrogen) atoms. The molecule has 0 atom stereocenters. The van der Waals surface area contributed by atoms with Crippen LogP contribution in [0.15, 0.2) is 48.5 Å². The van der Waals surface area contributed by atoms with Crippen molar-refractivity contribution >= 4 is 17.8 Å². The van der Waals surface area contributed by atoms with Crippen LogP contribution in [0, 0.1) is 0 Å². The molecule has 2 nitrogen and oxygen atoms in total. The second kappa shape index (κ2) is 8.73. The smallest absolute Gasteiger partial charge is 0.218 e. The maximum absolute atomic E-state index is 11.8. The van der Waals surface area contributed by atoms with Crippen molar-refractivity contribution in [2.24, 2.45) is 0 Å². The Balaban J connectivity index is 1.48. The zero-order valence-electron chi connectivity index (χ0n) is 16.3. The van der Waals surface area contributed by atoms with Gasteiger partial charge in [-0.25, -0.2) is 0 Å². The van der Waals surface area contributed by atoms with Crippen molar-refractivity contribution in [3.8, 4) is 0 Å². The topological polar surface area (TPSA) is 20.3 Å². The van der Waals surface area contributed by atoms with Gasteiger partial charge in [-0.05, 0) is 72.9 Å². The lowest BCUT2D eigenvalue weighted by atomic mass is 9.84. The predicted octanol–water partition coefficient (Wildman–Crippen LogP) is 7.08. The van der Waals surface area contributed by atoms with Crippen LogP contribution >= 0.6 is 0 Å². The molecule has 4 rings (SSSR count). The molecule has 2 saturated carbocycles. The molecule has 0 bridgehead atoms. The Kier molecular flexibility index (Phi) is 5.91. The third-order valence-corrected chi connectivity index (χ3v) is 6.60. The van der Waals surface area contributed by atoms with Crippen molar-refractivity contribution in [2.75, 3.05) is 4.90 Å². The number of nitrogens with zero attached hydrogens (tertiary/aromatic N) is 1. The Hall–Kier alpha value is -2.09. The highest BCUT2D eigenvalue weighted by molar-refractivity contribution is 5.86. The standard InChI is InChI=1S/C25H31NO/c27-19-26(24-15-11-22(12-16-24)20-7-3-1-4-8-20)25-17-13-23(14-18-25)21-9-5-2-6-10-21/h11-21H,1-10H2. The van der Waals surface area contributed by atoms with Gasteiger partial charge in [0.25, 0.3) is 0 Å². The molecule has 0 aromatic heterocycles. The van der Waals surface area contributed by atoms with Crippen LogP contribution in [0.2, 0.25) is 0 Å². The quantitative estimate of drug-likeness (QED) is 0.521. The second-order valence-corrected chi connectivity index (χ2v) is 8.33. The highest BCUT2D eigenvalue weighted by atomic mass is 16.1. The number of benzene rings is 2. The largest absolute Gasteiger partial charge is 0.284 e. The van der Waals surface area contributed by atoms with Gasteiger partial charge in [0.2, 0.25) is 6.41 Å². The molecular weight excluding hydrogens is 330 g/mol. The maximum atomic E-state index is 11.8. The lowest BCUT2D eigenvalue weighted by Gasteiger charge is -2.24. The van der Waals surface area contributed by atoms with E-state index in [4.69, 9.17) is 0 Å². The van der Waals surface area contributed by atoms with Crippen molar-refractivity contribution in [1.29, 1.82) is 0 Å². The molecule has 0 radical (unpaired) electrons. The third-order valence-electron chi connectivity index (χ3n) is 6.60. The van der Waals surface area contributed by atoms with E-state index < -0.39 is 0 Å². The molecule has 0 aliphatic heterocycles. The van der Waals surface area contributed by atoms with Gasteiger partial charge in [-0.2, -0.15) is 0 Å². The average Bonchev–Trinajstić information content (AvgIpc) is 2.76. The van der Waals surface area contributed by atoms with Crippen LogP contribution < -0.4 is 4.90 Å². The van der Waals surface area contributed by atoms with E-state index in [0.717, 1.165) is 17.8 Å². The van der Waals surface area contributed by atoms with E-state index in [2.05, 4.69) is 48.5 Å². The predicted molar refractivity (Wildman–Crippen MR) is 113 cm³/mol. The van der Waals surface area contributed by atoms with Gasteiger partial charge in [-0.1, -0.05) is 62.8 Å². The summed E-state index contributed by atoms with van der Waals surface area (Å²) in [7, 11) is 0. The number of rotatable bonds is 5. The van der Waals surface area contributed by atoms with E-state index in [1.807, 2.05) is 0 Å². The van der Waals surface area contributed by atoms with Crippen LogP contribution in [0.3, 0.4) is 0 Å². The van der Waals surface area contributed by atoms with Crippen molar-refractivity contribution in [2.45, 2.75) is 76.0 Å². The van der Waals surface area contributed by atoms with E-state index in [9.17, 15) is 4.79 Å². The summed E-state index contributed by atoms with van der Waals surface area (Å²) in [6.07, 6.45) is 14.3. The summed E-state index contributed by atoms with van der Waals surface area (Å²) >= 11 is 0. The first-order valence-corrected chi connectivity index (χ1v) is 10.8. The summed E-state index contributed by atoms with van der Waals surface area (Å²) in [5, 5.41) is 0. The molecule has 0 heterocycles. The lowest BCUT2D eigenvalue weighted by molar-refractivity contribution is -0.106. The van der Waals surface area contributed by atoms with Crippen LogP contribution in [0.25, 0.3) is 0 Å². The van der Waals surface area contributed by atoms with E-state index in [0.29, 0.717) is 11.8 Å². The number of carbonyl (C=O) groups excluding carboxylic acids is 1.